The minimum absolute atomic E-state index is 0.00671. The fraction of sp³-hybridized carbons (Fsp3) is 0.500. The van der Waals surface area contributed by atoms with Crippen LogP contribution in [0.1, 0.15) is 31.3 Å². The molecule has 0 aliphatic heterocycles. The third-order valence-electron chi connectivity index (χ3n) is 2.41. The lowest BCUT2D eigenvalue weighted by molar-refractivity contribution is -0.130. The molecule has 1 N–H and O–H groups in total. The molecule has 0 aliphatic rings. The topological polar surface area (TPSA) is 62.6 Å². The molecule has 0 spiro atoms. The average molecular weight is 238 g/mol. The Labute approximate surface area is 101 Å². The summed E-state index contributed by atoms with van der Waals surface area (Å²) in [6.07, 6.45) is 1.45. The van der Waals surface area contributed by atoms with Crippen LogP contribution >= 0.6 is 0 Å². The Balaban J connectivity index is 2.37. The molecule has 94 valence electrons. The van der Waals surface area contributed by atoms with E-state index in [4.69, 9.17) is 4.42 Å². The lowest BCUT2D eigenvalue weighted by Crippen LogP contribution is -2.41. The Bertz CT molecular complexity index is 371. The van der Waals surface area contributed by atoms with Crippen LogP contribution in [0, 0.1) is 0 Å². The summed E-state index contributed by atoms with van der Waals surface area (Å²) in [4.78, 5) is 24.5. The molecule has 0 saturated heterocycles. The number of nitrogens with zero attached hydrogens (tertiary/aromatic N) is 1. The lowest BCUT2D eigenvalue weighted by atomic mass is 10.3. The second kappa shape index (κ2) is 6.08. The second-order valence-corrected chi connectivity index (χ2v) is 4.04. The number of carbonyl (C=O) groups is 2. The zero-order valence-electron chi connectivity index (χ0n) is 10.4. The number of hydrogen-bond acceptors (Lipinski definition) is 3. The van der Waals surface area contributed by atoms with E-state index >= 15 is 0 Å². The molecule has 0 saturated carbocycles. The van der Waals surface area contributed by atoms with Gasteiger partial charge in [-0.3, -0.25) is 9.59 Å². The maximum atomic E-state index is 11.5. The van der Waals surface area contributed by atoms with Crippen molar-refractivity contribution in [1.29, 1.82) is 0 Å². The molecule has 5 nitrogen and oxygen atoms in total. The summed E-state index contributed by atoms with van der Waals surface area (Å²) in [5.74, 6) is 0.0263. The Kier molecular flexibility index (Phi) is 4.75. The van der Waals surface area contributed by atoms with Gasteiger partial charge in [0.25, 0.3) is 5.91 Å². The summed E-state index contributed by atoms with van der Waals surface area (Å²) < 4.78 is 4.96. The monoisotopic (exact) mass is 238 g/mol. The maximum absolute atomic E-state index is 11.5. The van der Waals surface area contributed by atoms with Crippen molar-refractivity contribution in [2.75, 3.05) is 13.1 Å². The molecular weight excluding hydrogens is 220 g/mol. The van der Waals surface area contributed by atoms with E-state index in [1.54, 1.807) is 17.0 Å². The van der Waals surface area contributed by atoms with E-state index in [1.807, 2.05) is 13.8 Å². The summed E-state index contributed by atoms with van der Waals surface area (Å²) >= 11 is 0. The maximum Gasteiger partial charge on any atom is 0.287 e. The second-order valence-electron chi connectivity index (χ2n) is 4.04. The molecule has 1 aromatic heterocycles. The lowest BCUT2D eigenvalue weighted by Gasteiger charge is -2.25. The highest BCUT2D eigenvalue weighted by Crippen LogP contribution is 2.00. The fourth-order valence-electron chi connectivity index (χ4n) is 1.56. The predicted molar refractivity (Wildman–Crippen MR) is 63.6 cm³/mol. The fourth-order valence-corrected chi connectivity index (χ4v) is 1.56. The van der Waals surface area contributed by atoms with Gasteiger partial charge in [0, 0.05) is 26.1 Å². The zero-order chi connectivity index (χ0) is 12.8. The summed E-state index contributed by atoms with van der Waals surface area (Å²) in [5, 5.41) is 2.70. The van der Waals surface area contributed by atoms with Gasteiger partial charge in [-0.1, -0.05) is 0 Å². The van der Waals surface area contributed by atoms with Crippen molar-refractivity contribution in [3.05, 3.63) is 24.2 Å². The van der Waals surface area contributed by atoms with Crippen LogP contribution in [0.2, 0.25) is 0 Å². The minimum atomic E-state index is -0.262. The van der Waals surface area contributed by atoms with Gasteiger partial charge in [-0.25, -0.2) is 0 Å². The Morgan fingerprint density at radius 3 is 2.65 bits per heavy atom. The van der Waals surface area contributed by atoms with Crippen molar-refractivity contribution in [3.8, 4) is 0 Å². The van der Waals surface area contributed by atoms with Gasteiger partial charge in [0.1, 0.15) is 0 Å². The molecule has 2 amide bonds. The van der Waals surface area contributed by atoms with Crippen LogP contribution in [0.5, 0.6) is 0 Å². The van der Waals surface area contributed by atoms with Gasteiger partial charge in [0.05, 0.1) is 6.26 Å². The first kappa shape index (κ1) is 13.3. The van der Waals surface area contributed by atoms with Crippen LogP contribution < -0.4 is 5.32 Å². The quantitative estimate of drug-likeness (QED) is 0.840. The van der Waals surface area contributed by atoms with Crippen LogP contribution in [0.3, 0.4) is 0 Å². The minimum Gasteiger partial charge on any atom is -0.459 e. The van der Waals surface area contributed by atoms with E-state index in [0.29, 0.717) is 13.1 Å². The van der Waals surface area contributed by atoms with Crippen LogP contribution in [0.4, 0.5) is 0 Å². The first-order valence-corrected chi connectivity index (χ1v) is 5.61. The smallest absolute Gasteiger partial charge is 0.287 e. The van der Waals surface area contributed by atoms with Gasteiger partial charge in [0.15, 0.2) is 5.76 Å². The van der Waals surface area contributed by atoms with Gasteiger partial charge < -0.3 is 14.6 Å². The van der Waals surface area contributed by atoms with E-state index in [1.165, 1.54) is 13.2 Å². The van der Waals surface area contributed by atoms with Gasteiger partial charge in [-0.15, -0.1) is 0 Å². The number of rotatable bonds is 5. The molecule has 17 heavy (non-hydrogen) atoms. The van der Waals surface area contributed by atoms with Crippen LogP contribution in [0.15, 0.2) is 22.8 Å². The Hall–Kier alpha value is -1.78. The van der Waals surface area contributed by atoms with Crippen molar-refractivity contribution < 1.29 is 14.0 Å². The number of nitrogens with one attached hydrogen (secondary N) is 1. The van der Waals surface area contributed by atoms with Crippen LogP contribution in [-0.4, -0.2) is 35.8 Å². The van der Waals surface area contributed by atoms with Gasteiger partial charge in [-0.05, 0) is 26.0 Å². The Morgan fingerprint density at radius 2 is 2.18 bits per heavy atom. The SMILES string of the molecule is CC(=O)N(CCNC(=O)c1ccco1)C(C)C. The molecule has 1 aromatic rings. The Morgan fingerprint density at radius 1 is 1.47 bits per heavy atom. The molecule has 0 bridgehead atoms. The van der Waals surface area contributed by atoms with E-state index in [2.05, 4.69) is 5.32 Å². The first-order chi connectivity index (χ1) is 8.02. The molecule has 0 aromatic carbocycles. The van der Waals surface area contributed by atoms with Crippen molar-refractivity contribution >= 4 is 11.8 Å². The van der Waals surface area contributed by atoms with E-state index in [0.717, 1.165) is 0 Å². The van der Waals surface area contributed by atoms with E-state index in [-0.39, 0.29) is 23.6 Å². The van der Waals surface area contributed by atoms with E-state index < -0.39 is 0 Å². The number of hydrogen-bond donors (Lipinski definition) is 1. The van der Waals surface area contributed by atoms with E-state index in [9.17, 15) is 9.59 Å². The van der Waals surface area contributed by atoms with Crippen molar-refractivity contribution in [3.63, 3.8) is 0 Å². The summed E-state index contributed by atoms with van der Waals surface area (Å²) in [6.45, 7) is 6.32. The molecule has 0 aliphatic carbocycles. The number of furan rings is 1. The molecule has 1 rings (SSSR count). The highest BCUT2D eigenvalue weighted by molar-refractivity contribution is 5.91. The first-order valence-electron chi connectivity index (χ1n) is 5.61. The molecular formula is C12H18N2O3. The van der Waals surface area contributed by atoms with Crippen molar-refractivity contribution in [2.24, 2.45) is 0 Å². The zero-order valence-corrected chi connectivity index (χ0v) is 10.4. The van der Waals surface area contributed by atoms with Crippen LogP contribution in [0.25, 0.3) is 0 Å². The molecule has 5 heteroatoms. The predicted octanol–water partition coefficient (Wildman–Crippen LogP) is 1.27. The molecule has 0 unspecified atom stereocenters. The molecule has 0 fully saturated rings. The molecule has 0 radical (unpaired) electrons. The van der Waals surface area contributed by atoms with Gasteiger partial charge in [-0.2, -0.15) is 0 Å². The average Bonchev–Trinajstić information content (AvgIpc) is 2.76. The van der Waals surface area contributed by atoms with Crippen molar-refractivity contribution in [1.82, 2.24) is 10.2 Å². The van der Waals surface area contributed by atoms with Crippen molar-refractivity contribution in [2.45, 2.75) is 26.8 Å². The number of carbonyl (C=O) groups excluding carboxylic acids is 2. The highest BCUT2D eigenvalue weighted by Gasteiger charge is 2.13. The van der Waals surface area contributed by atoms with Gasteiger partial charge in [0.2, 0.25) is 5.91 Å². The third-order valence-corrected chi connectivity index (χ3v) is 2.41. The standard InChI is InChI=1S/C12H18N2O3/c1-9(2)14(10(3)15)7-6-13-12(16)11-5-4-8-17-11/h4-5,8-9H,6-7H2,1-3H3,(H,13,16). The summed E-state index contributed by atoms with van der Waals surface area (Å²) in [5.41, 5.74) is 0. The highest BCUT2D eigenvalue weighted by atomic mass is 16.3. The third kappa shape index (κ3) is 3.94. The van der Waals surface area contributed by atoms with Gasteiger partial charge >= 0.3 is 0 Å². The molecule has 1 heterocycles. The summed E-state index contributed by atoms with van der Waals surface area (Å²) in [6, 6.07) is 3.39. The molecule has 0 atom stereocenters. The normalized spacial score (nSPS) is 10.4. The summed E-state index contributed by atoms with van der Waals surface area (Å²) in [7, 11) is 0. The van der Waals surface area contributed by atoms with Crippen LogP contribution in [-0.2, 0) is 4.79 Å². The number of amides is 2. The largest absolute Gasteiger partial charge is 0.459 e.